The third-order valence-electron chi connectivity index (χ3n) is 5.74. The molecule has 0 N–H and O–H groups in total. The Labute approximate surface area is 177 Å². The zero-order chi connectivity index (χ0) is 19.3. The van der Waals surface area contributed by atoms with Crippen LogP contribution in [-0.4, -0.2) is 25.9 Å². The third kappa shape index (κ3) is 5.79. The van der Waals surface area contributed by atoms with Crippen LogP contribution >= 0.6 is 5.80 Å². The molecule has 0 bridgehead atoms. The van der Waals surface area contributed by atoms with Gasteiger partial charge in [-0.15, -0.1) is 0 Å². The van der Waals surface area contributed by atoms with E-state index in [1.807, 2.05) is 27.7 Å². The molecule has 2 saturated carbocycles. The van der Waals surface area contributed by atoms with Gasteiger partial charge in [-0.25, -0.2) is 0 Å². The second-order valence-electron chi connectivity index (χ2n) is 8.58. The average molecular weight is 516 g/mol. The fraction of sp³-hybridized carbons (Fsp3) is 0.900. The predicted octanol–water partition coefficient (Wildman–Crippen LogP) is 5.23. The van der Waals surface area contributed by atoms with Crippen LogP contribution in [0.1, 0.15) is 91.9 Å². The summed E-state index contributed by atoms with van der Waals surface area (Å²) in [6, 6.07) is 0.508. The monoisotopic (exact) mass is 513 g/mol. The number of halogens is 1. The van der Waals surface area contributed by atoms with Gasteiger partial charge < -0.3 is 0 Å². The first-order valence-electron chi connectivity index (χ1n) is 10.5. The standard InChI is InChI=1S/2C10H19NO.ClH.Nd/c2*1-8(2)10(12)11-9-6-4-3-5-7-9;;/h2*8-9H,3-7H2,1-2H3,(H,11,12);1H;/q;;;+3/p-3. The number of carbonyl (C=O) groups excluding carboxylic acids is 2. The van der Waals surface area contributed by atoms with Crippen LogP contribution in [0.3, 0.4) is 0 Å². The summed E-state index contributed by atoms with van der Waals surface area (Å²) in [5.41, 5.74) is 0. The second-order valence-corrected chi connectivity index (χ2v) is 15.9. The Bertz CT molecular complexity index is 432. The quantitative estimate of drug-likeness (QED) is 0.486. The summed E-state index contributed by atoms with van der Waals surface area (Å²) in [6.07, 6.45) is 11.4. The van der Waals surface area contributed by atoms with Crippen molar-refractivity contribution in [3.63, 3.8) is 0 Å². The van der Waals surface area contributed by atoms with Gasteiger partial charge in [0.1, 0.15) is 0 Å². The van der Waals surface area contributed by atoms with Crippen LogP contribution < -0.4 is 0 Å². The minimum atomic E-state index is -3.28. The predicted molar refractivity (Wildman–Crippen MR) is 103 cm³/mol. The molecule has 2 aliphatic carbocycles. The van der Waals surface area contributed by atoms with Crippen LogP contribution in [0.15, 0.2) is 0 Å². The molecule has 6 heteroatoms. The zero-order valence-corrected chi connectivity index (χ0v) is 20.9. The van der Waals surface area contributed by atoms with Crippen molar-refractivity contribution >= 4 is 17.6 Å². The summed E-state index contributed by atoms with van der Waals surface area (Å²) in [5.74, 6) is 7.41. The van der Waals surface area contributed by atoms with Gasteiger partial charge in [-0.3, -0.25) is 0 Å². The molecule has 149 valence electrons. The minimum absolute atomic E-state index is 0.0574. The van der Waals surface area contributed by atoms with Gasteiger partial charge in [-0.2, -0.15) is 0 Å². The van der Waals surface area contributed by atoms with Crippen LogP contribution in [0, 0.1) is 45.7 Å². The van der Waals surface area contributed by atoms with Crippen molar-refractivity contribution in [1.82, 2.24) is 1.97 Å². The maximum atomic E-state index is 13.1. The summed E-state index contributed by atoms with van der Waals surface area (Å²) >= 11 is -3.28. The molecule has 0 heterocycles. The van der Waals surface area contributed by atoms with Crippen LogP contribution in [0.4, 0.5) is 0 Å². The Balaban J connectivity index is 2.31. The number of carbonyl (C=O) groups is 2. The first-order chi connectivity index (χ1) is 12.3. The van der Waals surface area contributed by atoms with Crippen LogP contribution in [0.5, 0.6) is 0 Å². The Hall–Kier alpha value is 0.581. The van der Waals surface area contributed by atoms with Gasteiger partial charge in [0.2, 0.25) is 0 Å². The van der Waals surface area contributed by atoms with Crippen molar-refractivity contribution < 1.29 is 43.4 Å². The summed E-state index contributed by atoms with van der Waals surface area (Å²) in [7, 11) is 0. The van der Waals surface area contributed by atoms with E-state index < -0.39 is 33.8 Å². The second kappa shape index (κ2) is 10.9. The van der Waals surface area contributed by atoms with E-state index in [9.17, 15) is 9.59 Å². The van der Waals surface area contributed by atoms with E-state index in [2.05, 4.69) is 1.97 Å². The molecule has 0 atom stereocenters. The molecule has 0 aromatic heterocycles. The normalized spacial score (nSPS) is 19.7. The van der Waals surface area contributed by atoms with Crippen molar-refractivity contribution in [3.8, 4) is 0 Å². The van der Waals surface area contributed by atoms with E-state index >= 15 is 0 Å². The molecule has 2 rings (SSSR count). The van der Waals surface area contributed by atoms with E-state index in [-0.39, 0.29) is 35.7 Å². The Morgan fingerprint density at radius 3 is 1.31 bits per heavy atom. The first kappa shape index (κ1) is 22.9. The molecular weight excluding hydrogens is 480 g/mol. The van der Waals surface area contributed by atoms with Gasteiger partial charge in [0.25, 0.3) is 0 Å². The number of rotatable bonds is 6. The number of amides is 2. The van der Waals surface area contributed by atoms with E-state index in [1.54, 1.807) is 0 Å². The van der Waals surface area contributed by atoms with Crippen LogP contribution in [0.2, 0.25) is 0 Å². The topological polar surface area (TPSA) is 40.6 Å². The van der Waals surface area contributed by atoms with Crippen molar-refractivity contribution in [3.05, 3.63) is 0 Å². The van der Waals surface area contributed by atoms with E-state index in [0.29, 0.717) is 0 Å². The van der Waals surface area contributed by atoms with Crippen molar-refractivity contribution in [2.75, 3.05) is 0 Å². The molecule has 0 spiro atoms. The van der Waals surface area contributed by atoms with Crippen molar-refractivity contribution in [2.45, 2.75) is 104 Å². The number of hydrogen-bond acceptors (Lipinski definition) is 2. The Kier molecular flexibility index (Phi) is 9.62. The molecule has 0 aromatic rings. The summed E-state index contributed by atoms with van der Waals surface area (Å²) in [4.78, 5) is 26.2. The van der Waals surface area contributed by atoms with Crippen LogP contribution in [0.25, 0.3) is 0 Å². The van der Waals surface area contributed by atoms with Crippen molar-refractivity contribution in [2.24, 2.45) is 11.8 Å². The Morgan fingerprint density at radius 1 is 0.731 bits per heavy atom. The zero-order valence-electron chi connectivity index (χ0n) is 17.0. The maximum absolute atomic E-state index is 13.1. The van der Waals surface area contributed by atoms with Crippen molar-refractivity contribution in [1.29, 1.82) is 0 Å². The van der Waals surface area contributed by atoms with Gasteiger partial charge in [0, 0.05) is 0 Å². The number of hydrogen-bond donors (Lipinski definition) is 0. The molecule has 0 aliphatic heterocycles. The van der Waals surface area contributed by atoms with Gasteiger partial charge in [0.05, 0.1) is 0 Å². The molecule has 2 aliphatic rings. The summed E-state index contributed by atoms with van der Waals surface area (Å²) < 4.78 is 4.15. The van der Waals surface area contributed by atoms with Gasteiger partial charge in [-0.1, -0.05) is 0 Å². The fourth-order valence-corrected chi connectivity index (χ4v) is 14.6. The van der Waals surface area contributed by atoms with Crippen LogP contribution in [-0.2, 0) is 9.59 Å². The van der Waals surface area contributed by atoms with E-state index in [4.69, 9.17) is 5.80 Å². The van der Waals surface area contributed by atoms with Gasteiger partial charge in [0.15, 0.2) is 0 Å². The molecule has 26 heavy (non-hydrogen) atoms. The first-order valence-corrected chi connectivity index (χ1v) is 17.4. The van der Waals surface area contributed by atoms with Gasteiger partial charge in [-0.05, 0) is 0 Å². The van der Waals surface area contributed by atoms with Gasteiger partial charge >= 0.3 is 179 Å². The van der Waals surface area contributed by atoms with E-state index in [0.717, 1.165) is 25.7 Å². The molecule has 0 saturated heterocycles. The molecule has 4 nitrogen and oxygen atoms in total. The Morgan fingerprint density at radius 2 is 1.04 bits per heavy atom. The summed E-state index contributed by atoms with van der Waals surface area (Å²) in [5, 5.41) is 0. The molecule has 0 radical (unpaired) electrons. The number of nitrogens with zero attached hydrogens (tertiary/aromatic N) is 2. The SMILES string of the molecule is CC(C)C(=O)[N](C1CCCCC1)[Nd]([Cl])[N](C(=O)C(C)C)C1CCCCC1. The molecule has 0 aromatic carbocycles. The third-order valence-corrected chi connectivity index (χ3v) is 14.7. The average Bonchev–Trinajstić information content (AvgIpc) is 2.63. The molecular formula is C20H36ClN2NdO2. The fourth-order valence-electron chi connectivity index (χ4n) is 4.19. The molecule has 2 amide bonds. The summed E-state index contributed by atoms with van der Waals surface area (Å²) in [6.45, 7) is 7.85. The molecule has 0 unspecified atom stereocenters. The molecule has 2 fully saturated rings. The van der Waals surface area contributed by atoms with E-state index in [1.165, 1.54) is 38.5 Å².